The number of aryl methyl sites for hydroxylation is 2. The Labute approximate surface area is 135 Å². The van der Waals surface area contributed by atoms with E-state index in [1.54, 1.807) is 0 Å². The van der Waals surface area contributed by atoms with E-state index in [1.165, 1.54) is 7.05 Å². The summed E-state index contributed by atoms with van der Waals surface area (Å²) in [5.74, 6) is 0. The summed E-state index contributed by atoms with van der Waals surface area (Å²) in [5, 5.41) is 9.87. The van der Waals surface area contributed by atoms with Crippen LogP contribution in [-0.2, 0) is 20.5 Å². The summed E-state index contributed by atoms with van der Waals surface area (Å²) in [7, 11) is 1.18. The number of imidazole rings is 1. The van der Waals surface area contributed by atoms with Crippen LogP contribution in [0.2, 0.25) is 0 Å². The fourth-order valence-electron chi connectivity index (χ4n) is 1.50. The van der Waals surface area contributed by atoms with Gasteiger partial charge in [-0.3, -0.25) is 13.9 Å². The minimum Gasteiger partial charge on any atom is -0.393 e. The van der Waals surface area contributed by atoms with Crippen molar-refractivity contribution in [3.05, 3.63) is 27.2 Å². The van der Waals surface area contributed by atoms with Crippen LogP contribution in [0, 0.1) is 0 Å². The predicted octanol–water partition coefficient (Wildman–Crippen LogP) is -0.0152. The van der Waals surface area contributed by atoms with E-state index in [4.69, 9.17) is 19.2 Å². The Balaban J connectivity index is 2.97. The number of rotatable bonds is 5. The summed E-state index contributed by atoms with van der Waals surface area (Å²) >= 11 is 0. The molecule has 20 heavy (non-hydrogen) atoms. The molecule has 0 aliphatic heterocycles. The van der Waals surface area contributed by atoms with E-state index in [2.05, 4.69) is 4.98 Å². The van der Waals surface area contributed by atoms with Crippen molar-refractivity contribution in [2.24, 2.45) is 14.0 Å². The minimum atomic E-state index is -4.24. The van der Waals surface area contributed by atoms with E-state index in [-0.39, 0.29) is 4.57 Å². The highest BCUT2D eigenvalue weighted by Crippen LogP contribution is 2.04. The third-order valence-electron chi connectivity index (χ3n) is 2.36. The molecule has 0 bridgehead atoms. The monoisotopic (exact) mass is 294 g/mol. The van der Waals surface area contributed by atoms with Crippen LogP contribution in [0.15, 0.2) is 15.9 Å². The van der Waals surface area contributed by atoms with Crippen LogP contribution in [0.25, 0.3) is 11.2 Å². The van der Waals surface area contributed by atoms with Gasteiger partial charge in [-0.1, -0.05) is 0 Å². The van der Waals surface area contributed by atoms with Crippen molar-refractivity contribution < 1.29 is 24.3 Å². The van der Waals surface area contributed by atoms with Crippen LogP contribution >= 0.6 is 0 Å². The van der Waals surface area contributed by atoms with E-state index < -0.39 is 72.5 Å². The SMILES string of the molecule is [2H]C([2H])([2H])C(O)C([2H])([2H])C([2H])([2H])C([2H])([2H])C([2H])([2H])n1c(=O)c2c(ncn2C)n(C([2H])([2H])[2H])c1=O. The van der Waals surface area contributed by atoms with Gasteiger partial charge in [-0.25, -0.2) is 9.78 Å². The molecule has 0 radical (unpaired) electrons. The Hall–Kier alpha value is -1.89. The van der Waals surface area contributed by atoms with Gasteiger partial charge < -0.3 is 9.67 Å². The first-order valence-corrected chi connectivity index (χ1v) is 5.25. The number of aliphatic hydroxyl groups is 1. The number of fused-ring (bicyclic) bond motifs is 1. The van der Waals surface area contributed by atoms with E-state index in [1.807, 2.05) is 0 Å². The molecule has 0 spiro atoms. The summed E-state index contributed by atoms with van der Waals surface area (Å²) < 4.78 is 108. The third-order valence-corrected chi connectivity index (χ3v) is 2.36. The topological polar surface area (TPSA) is 82.1 Å². The molecule has 0 saturated carbocycles. The van der Waals surface area contributed by atoms with Crippen LogP contribution < -0.4 is 11.2 Å². The average Bonchev–Trinajstić information content (AvgIpc) is 2.99. The van der Waals surface area contributed by atoms with Crippen LogP contribution in [0.1, 0.15) is 45.2 Å². The summed E-state index contributed by atoms with van der Waals surface area (Å²) in [5.41, 5.74) is -4.91. The summed E-state index contributed by atoms with van der Waals surface area (Å²) in [6.07, 6.45) is -14.6. The second-order valence-corrected chi connectivity index (χ2v) is 3.69. The molecule has 2 heterocycles. The van der Waals surface area contributed by atoms with Crippen molar-refractivity contribution in [2.75, 3.05) is 0 Å². The molecule has 2 rings (SSSR count). The maximum atomic E-state index is 13.0. The first kappa shape index (κ1) is 4.84. The predicted molar refractivity (Wildman–Crippen MR) is 75.7 cm³/mol. The molecule has 1 unspecified atom stereocenters. The van der Waals surface area contributed by atoms with E-state index in [0.29, 0.717) is 0 Å². The molecule has 1 N–H and O–H groups in total. The number of aromatic nitrogens is 4. The second-order valence-electron chi connectivity index (χ2n) is 3.69. The molecule has 110 valence electrons. The van der Waals surface area contributed by atoms with E-state index in [9.17, 15) is 14.7 Å². The number of hydrogen-bond donors (Lipinski definition) is 1. The third kappa shape index (κ3) is 2.53. The summed E-state index contributed by atoms with van der Waals surface area (Å²) in [6, 6.07) is 0. The molecule has 0 aliphatic carbocycles. The van der Waals surface area contributed by atoms with E-state index in [0.717, 1.165) is 10.9 Å². The minimum absolute atomic E-state index is 0.0842. The summed E-state index contributed by atoms with van der Waals surface area (Å²) in [6.45, 7) is -11.0. The lowest BCUT2D eigenvalue weighted by molar-refractivity contribution is 0.180. The van der Waals surface area contributed by atoms with Gasteiger partial charge in [-0.05, 0) is 26.0 Å². The molecule has 0 amide bonds. The molecular formula is C13H20N4O3. The number of hydrogen-bond acceptors (Lipinski definition) is 4. The molecule has 0 aliphatic rings. The summed E-state index contributed by atoms with van der Waals surface area (Å²) in [4.78, 5) is 29.6. The van der Waals surface area contributed by atoms with Gasteiger partial charge in [0, 0.05) is 37.0 Å². The Morgan fingerprint density at radius 2 is 2.30 bits per heavy atom. The molecule has 0 aromatic carbocycles. The smallest absolute Gasteiger partial charge is 0.332 e. The van der Waals surface area contributed by atoms with Crippen molar-refractivity contribution in [1.82, 2.24) is 18.7 Å². The van der Waals surface area contributed by atoms with Crippen LogP contribution in [0.3, 0.4) is 0 Å². The maximum Gasteiger partial charge on any atom is 0.332 e. The standard InChI is InChI=1S/C13H20N4O3/c1-9(18)6-4-5-7-17-12(19)10-11(14-8-15(10)2)16(3)13(17)20/h8-9,18H,4-7H2,1-3H3/i1D3,3D3,4D2,5D2,6D2,7D2. The Bertz CT molecular complexity index is 1220. The molecule has 0 fully saturated rings. The van der Waals surface area contributed by atoms with Crippen LogP contribution in [0.5, 0.6) is 0 Å². The van der Waals surface area contributed by atoms with Crippen molar-refractivity contribution in [2.45, 2.75) is 38.6 Å². The molecule has 1 atom stereocenters. The average molecular weight is 294 g/mol. The zero-order chi connectivity index (χ0) is 27.0. The number of aliphatic hydroxyl groups excluding tert-OH is 1. The van der Waals surface area contributed by atoms with Gasteiger partial charge in [0.1, 0.15) is 0 Å². The van der Waals surface area contributed by atoms with Gasteiger partial charge in [0.05, 0.1) is 15.2 Å². The molecular weight excluding hydrogens is 260 g/mol. The highest BCUT2D eigenvalue weighted by atomic mass is 16.3. The normalized spacial score (nSPS) is 27.5. The highest BCUT2D eigenvalue weighted by molar-refractivity contribution is 5.69. The molecule has 2 aromatic rings. The van der Waals surface area contributed by atoms with Gasteiger partial charge in [-0.2, -0.15) is 0 Å². The second kappa shape index (κ2) is 5.62. The van der Waals surface area contributed by atoms with E-state index >= 15 is 0 Å². The fraction of sp³-hybridized carbons (Fsp3) is 0.615. The lowest BCUT2D eigenvalue weighted by atomic mass is 10.2. The molecule has 7 heteroatoms. The fourth-order valence-corrected chi connectivity index (χ4v) is 1.50. The Kier molecular flexibility index (Phi) is 1.36. The maximum absolute atomic E-state index is 13.0. The lowest BCUT2D eigenvalue weighted by Crippen LogP contribution is -2.39. The molecule has 2 aromatic heterocycles. The number of nitrogens with zero attached hydrogens (tertiary/aromatic N) is 4. The first-order valence-electron chi connectivity index (χ1n) is 12.2. The van der Waals surface area contributed by atoms with Crippen molar-refractivity contribution in [3.63, 3.8) is 0 Å². The zero-order valence-corrected chi connectivity index (χ0v) is 10.2. The van der Waals surface area contributed by atoms with Gasteiger partial charge in [-0.15, -0.1) is 0 Å². The molecule has 7 nitrogen and oxygen atoms in total. The van der Waals surface area contributed by atoms with Gasteiger partial charge in [0.2, 0.25) is 0 Å². The quantitative estimate of drug-likeness (QED) is 0.840. The van der Waals surface area contributed by atoms with Crippen LogP contribution in [0.4, 0.5) is 0 Å². The highest BCUT2D eigenvalue weighted by Gasteiger charge is 2.14. The van der Waals surface area contributed by atoms with Gasteiger partial charge in [0.25, 0.3) is 5.56 Å². The van der Waals surface area contributed by atoms with Crippen molar-refractivity contribution in [1.29, 1.82) is 0 Å². The van der Waals surface area contributed by atoms with Gasteiger partial charge >= 0.3 is 5.69 Å². The van der Waals surface area contributed by atoms with Crippen molar-refractivity contribution >= 4 is 11.2 Å². The van der Waals surface area contributed by atoms with Gasteiger partial charge in [0.15, 0.2) is 11.2 Å². The zero-order valence-electron chi connectivity index (χ0n) is 24.2. The lowest BCUT2D eigenvalue weighted by Gasteiger charge is -2.09. The Morgan fingerprint density at radius 1 is 1.50 bits per heavy atom. The first-order chi connectivity index (χ1) is 14.9. The molecule has 0 saturated heterocycles. The van der Waals surface area contributed by atoms with Crippen LogP contribution in [-0.4, -0.2) is 29.9 Å². The van der Waals surface area contributed by atoms with Crippen molar-refractivity contribution in [3.8, 4) is 0 Å². The Morgan fingerprint density at radius 3 is 3.00 bits per heavy atom. The largest absolute Gasteiger partial charge is 0.393 e.